The van der Waals surface area contributed by atoms with Crippen LogP contribution in [0.4, 0.5) is 0 Å². The number of hydrogen-bond acceptors (Lipinski definition) is 5. The molecule has 246 valence electrons. The Morgan fingerprint density at radius 3 is 2.45 bits per heavy atom. The largest absolute Gasteiger partial charge is 0.394 e. The SMILES string of the molecule is CCCCC(C)C(C(=O)N[C@@H](CO)c1ccccc1)c1ccc(Cn2c(CC3=CCC=CC=C3)nc3c2c(=O)n(C)c(=O)n3C)cc1. The van der Waals surface area contributed by atoms with E-state index in [4.69, 9.17) is 4.98 Å². The van der Waals surface area contributed by atoms with Gasteiger partial charge >= 0.3 is 5.69 Å². The summed E-state index contributed by atoms with van der Waals surface area (Å²) in [6.45, 7) is 4.44. The lowest BCUT2D eigenvalue weighted by Gasteiger charge is -2.27. The third-order valence-corrected chi connectivity index (χ3v) is 9.11. The van der Waals surface area contributed by atoms with Crippen LogP contribution < -0.4 is 16.6 Å². The van der Waals surface area contributed by atoms with Gasteiger partial charge in [0, 0.05) is 27.1 Å². The highest BCUT2D eigenvalue weighted by Crippen LogP contribution is 2.31. The van der Waals surface area contributed by atoms with Gasteiger partial charge in [-0.25, -0.2) is 9.78 Å². The smallest absolute Gasteiger partial charge is 0.332 e. The standard InChI is InChI=1S/C38H45N5O4/c1-5-6-14-26(2)33(36(45)39-31(25-44)29-17-12-9-13-18-29)30-21-19-28(20-22-30)24-43-32(23-27-15-10-7-8-11-16-27)40-35-34(43)37(46)42(4)38(47)41(35)3/h7-10,12-13,15-22,26,31,33,44H,5-6,11,14,23-25H2,1-4H3,(H,39,45)/t26?,31-,33?/m0/s1. The maximum atomic E-state index is 13.9. The number of aromatic nitrogens is 4. The molecular weight excluding hydrogens is 590 g/mol. The number of aryl methyl sites for hydroxylation is 1. The molecular formula is C38H45N5O4. The van der Waals surface area contributed by atoms with Crippen LogP contribution in [0.3, 0.4) is 0 Å². The van der Waals surface area contributed by atoms with Gasteiger partial charge in [0.2, 0.25) is 5.91 Å². The number of rotatable bonds is 13. The van der Waals surface area contributed by atoms with Crippen LogP contribution in [0.15, 0.2) is 100 Å². The number of carbonyl (C=O) groups excluding carboxylic acids is 1. The Hall–Kier alpha value is -4.76. The van der Waals surface area contributed by atoms with Crippen LogP contribution in [-0.2, 0) is 31.9 Å². The van der Waals surface area contributed by atoms with E-state index in [1.54, 1.807) is 7.05 Å². The van der Waals surface area contributed by atoms with Crippen molar-refractivity contribution in [2.24, 2.45) is 20.0 Å². The molecule has 0 spiro atoms. The predicted octanol–water partition coefficient (Wildman–Crippen LogP) is 5.23. The Kier molecular flexibility index (Phi) is 10.9. The first-order valence-corrected chi connectivity index (χ1v) is 16.5. The molecule has 1 amide bonds. The third-order valence-electron chi connectivity index (χ3n) is 9.11. The predicted molar refractivity (Wildman–Crippen MR) is 186 cm³/mol. The van der Waals surface area contributed by atoms with E-state index in [1.807, 2.05) is 77.4 Å². The van der Waals surface area contributed by atoms with Crippen molar-refractivity contribution in [3.05, 3.63) is 134 Å². The van der Waals surface area contributed by atoms with Crippen LogP contribution in [0.2, 0.25) is 0 Å². The molecule has 9 heteroatoms. The summed E-state index contributed by atoms with van der Waals surface area (Å²) in [4.78, 5) is 44.9. The van der Waals surface area contributed by atoms with E-state index in [0.717, 1.165) is 52.5 Å². The lowest BCUT2D eigenvalue weighted by Crippen LogP contribution is -2.37. The van der Waals surface area contributed by atoms with E-state index in [2.05, 4.69) is 31.3 Å². The van der Waals surface area contributed by atoms with Crippen molar-refractivity contribution >= 4 is 17.1 Å². The van der Waals surface area contributed by atoms with E-state index < -0.39 is 17.6 Å². The number of allylic oxidation sites excluding steroid dienone is 6. The highest BCUT2D eigenvalue weighted by molar-refractivity contribution is 5.84. The highest BCUT2D eigenvalue weighted by Gasteiger charge is 2.29. The van der Waals surface area contributed by atoms with Gasteiger partial charge in [-0.1, -0.05) is 112 Å². The second-order valence-electron chi connectivity index (χ2n) is 12.5. The third kappa shape index (κ3) is 7.46. The zero-order chi connectivity index (χ0) is 33.5. The van der Waals surface area contributed by atoms with Crippen LogP contribution in [0.5, 0.6) is 0 Å². The molecule has 0 saturated carbocycles. The van der Waals surface area contributed by atoms with E-state index in [0.29, 0.717) is 30.0 Å². The minimum absolute atomic E-state index is 0.0832. The average Bonchev–Trinajstić information content (AvgIpc) is 3.23. The zero-order valence-corrected chi connectivity index (χ0v) is 27.7. The number of imidazole rings is 1. The second-order valence-corrected chi connectivity index (χ2v) is 12.5. The summed E-state index contributed by atoms with van der Waals surface area (Å²) in [7, 11) is 3.13. The molecule has 1 aliphatic carbocycles. The molecule has 5 rings (SSSR count). The van der Waals surface area contributed by atoms with E-state index in [-0.39, 0.29) is 24.0 Å². The van der Waals surface area contributed by atoms with Crippen LogP contribution in [0.1, 0.15) is 74.0 Å². The molecule has 0 fully saturated rings. The summed E-state index contributed by atoms with van der Waals surface area (Å²) in [5.41, 5.74) is 3.71. The molecule has 2 aromatic heterocycles. The fraction of sp³-hybridized carbons (Fsp3) is 0.368. The molecule has 3 atom stereocenters. The number of hydrogen-bond donors (Lipinski definition) is 2. The fourth-order valence-electron chi connectivity index (χ4n) is 6.36. The maximum absolute atomic E-state index is 13.9. The van der Waals surface area contributed by atoms with Gasteiger partial charge < -0.3 is 15.0 Å². The Morgan fingerprint density at radius 2 is 1.74 bits per heavy atom. The van der Waals surface area contributed by atoms with Crippen molar-refractivity contribution in [1.29, 1.82) is 0 Å². The van der Waals surface area contributed by atoms with Gasteiger partial charge in [0.1, 0.15) is 5.82 Å². The number of aliphatic hydroxyl groups is 1. The van der Waals surface area contributed by atoms with Crippen LogP contribution in [-0.4, -0.2) is 36.3 Å². The Labute approximate surface area is 275 Å². The quantitative estimate of drug-likeness (QED) is 0.209. The van der Waals surface area contributed by atoms with Crippen LogP contribution in [0.25, 0.3) is 11.2 Å². The first kappa shape index (κ1) is 33.6. The Morgan fingerprint density at radius 1 is 1.00 bits per heavy atom. The normalized spacial score (nSPS) is 14.9. The number of carbonyl (C=O) groups is 1. The van der Waals surface area contributed by atoms with E-state index in [1.165, 1.54) is 11.6 Å². The molecule has 0 bridgehead atoms. The molecule has 2 N–H and O–H groups in total. The minimum Gasteiger partial charge on any atom is -0.394 e. The summed E-state index contributed by atoms with van der Waals surface area (Å²) in [5.74, 6) is 0.263. The number of benzene rings is 2. The molecule has 9 nitrogen and oxygen atoms in total. The van der Waals surface area contributed by atoms with Crippen molar-refractivity contribution in [3.8, 4) is 0 Å². The van der Waals surface area contributed by atoms with Crippen molar-refractivity contribution in [2.45, 2.75) is 64.5 Å². The monoisotopic (exact) mass is 635 g/mol. The first-order chi connectivity index (χ1) is 22.7. The van der Waals surface area contributed by atoms with Gasteiger partial charge in [-0.05, 0) is 41.0 Å². The zero-order valence-electron chi connectivity index (χ0n) is 27.7. The number of fused-ring (bicyclic) bond motifs is 1. The van der Waals surface area contributed by atoms with Gasteiger partial charge in [0.05, 0.1) is 18.6 Å². The maximum Gasteiger partial charge on any atom is 0.332 e. The summed E-state index contributed by atoms with van der Waals surface area (Å²) in [5, 5.41) is 13.2. The van der Waals surface area contributed by atoms with E-state index >= 15 is 0 Å². The first-order valence-electron chi connectivity index (χ1n) is 16.5. The van der Waals surface area contributed by atoms with Crippen molar-refractivity contribution in [3.63, 3.8) is 0 Å². The Bertz CT molecular complexity index is 1910. The molecule has 1 aliphatic rings. The lowest BCUT2D eigenvalue weighted by molar-refractivity contribution is -0.124. The number of unbranched alkanes of at least 4 members (excludes halogenated alkanes) is 1. The summed E-state index contributed by atoms with van der Waals surface area (Å²) >= 11 is 0. The van der Waals surface area contributed by atoms with Gasteiger partial charge in [-0.2, -0.15) is 0 Å². The summed E-state index contributed by atoms with van der Waals surface area (Å²) in [6.07, 6.45) is 14.5. The molecule has 2 unspecified atom stereocenters. The second kappa shape index (κ2) is 15.2. The minimum atomic E-state index is -0.496. The highest BCUT2D eigenvalue weighted by atomic mass is 16.3. The van der Waals surface area contributed by atoms with Crippen molar-refractivity contribution in [2.75, 3.05) is 6.61 Å². The van der Waals surface area contributed by atoms with Gasteiger partial charge in [-0.15, -0.1) is 0 Å². The van der Waals surface area contributed by atoms with Crippen molar-refractivity contribution in [1.82, 2.24) is 24.0 Å². The van der Waals surface area contributed by atoms with Gasteiger partial charge in [0.25, 0.3) is 5.56 Å². The van der Waals surface area contributed by atoms with Gasteiger partial charge in [0.15, 0.2) is 11.2 Å². The molecule has 0 saturated heterocycles. The van der Waals surface area contributed by atoms with E-state index in [9.17, 15) is 19.5 Å². The molecule has 0 radical (unpaired) electrons. The number of nitrogens with one attached hydrogen (secondary N) is 1. The summed E-state index contributed by atoms with van der Waals surface area (Å²) in [6, 6.07) is 17.0. The molecule has 2 aromatic carbocycles. The van der Waals surface area contributed by atoms with Crippen LogP contribution in [0, 0.1) is 5.92 Å². The molecule has 47 heavy (non-hydrogen) atoms. The topological polar surface area (TPSA) is 111 Å². The molecule has 0 aliphatic heterocycles. The van der Waals surface area contributed by atoms with Crippen LogP contribution >= 0.6 is 0 Å². The number of aliphatic hydroxyl groups excluding tert-OH is 1. The Balaban J connectivity index is 1.48. The number of amides is 1. The van der Waals surface area contributed by atoms with Gasteiger partial charge in [-0.3, -0.25) is 18.7 Å². The molecule has 2 heterocycles. The average molecular weight is 636 g/mol. The molecule has 4 aromatic rings. The summed E-state index contributed by atoms with van der Waals surface area (Å²) < 4.78 is 4.46. The fourth-order valence-corrected chi connectivity index (χ4v) is 6.36. The number of nitrogens with zero attached hydrogens (tertiary/aromatic N) is 4. The van der Waals surface area contributed by atoms with Crippen molar-refractivity contribution < 1.29 is 9.90 Å². The lowest BCUT2D eigenvalue weighted by atomic mass is 9.83.